The zero-order valence-electron chi connectivity index (χ0n) is 8.59. The first-order valence-electron chi connectivity index (χ1n) is 4.94. The van der Waals surface area contributed by atoms with Gasteiger partial charge in [-0.15, -0.1) is 0 Å². The van der Waals surface area contributed by atoms with Gasteiger partial charge in [0.1, 0.15) is 0 Å². The van der Waals surface area contributed by atoms with E-state index in [-0.39, 0.29) is 6.10 Å². The molecular weight excluding hydrogens is 150 g/mol. The fourth-order valence-electron chi connectivity index (χ4n) is 1.51. The van der Waals surface area contributed by atoms with E-state index in [0.29, 0.717) is 11.8 Å². The lowest BCUT2D eigenvalue weighted by Gasteiger charge is -2.17. The minimum absolute atomic E-state index is 0.133. The summed E-state index contributed by atoms with van der Waals surface area (Å²) in [4.78, 5) is 0. The van der Waals surface area contributed by atoms with Crippen LogP contribution in [0.5, 0.6) is 0 Å². The number of nitrogens with two attached hydrogens (primary N) is 1. The predicted molar refractivity (Wildman–Crippen MR) is 52.9 cm³/mol. The first-order valence-corrected chi connectivity index (χ1v) is 4.94. The second kappa shape index (κ2) is 6.44. The summed E-state index contributed by atoms with van der Waals surface area (Å²) in [7, 11) is 0. The molecule has 74 valence electrons. The molecule has 3 N–H and O–H groups in total. The molecule has 0 aromatic rings. The molecule has 0 rings (SSSR count). The van der Waals surface area contributed by atoms with E-state index in [1.807, 2.05) is 0 Å². The molecule has 0 aromatic heterocycles. The number of aliphatic hydroxyl groups is 1. The highest BCUT2D eigenvalue weighted by Crippen LogP contribution is 2.15. The zero-order chi connectivity index (χ0) is 9.56. The molecule has 0 fully saturated rings. The predicted octanol–water partition coefficient (Wildman–Crippen LogP) is 1.77. The van der Waals surface area contributed by atoms with Crippen LogP contribution in [-0.4, -0.2) is 17.8 Å². The van der Waals surface area contributed by atoms with Crippen molar-refractivity contribution in [1.29, 1.82) is 0 Å². The summed E-state index contributed by atoms with van der Waals surface area (Å²) >= 11 is 0. The average Bonchev–Trinajstić information content (AvgIpc) is 1.84. The number of hydrogen-bond donors (Lipinski definition) is 2. The molecule has 0 aliphatic heterocycles. The van der Waals surface area contributed by atoms with Gasteiger partial charge in [-0.1, -0.05) is 20.8 Å². The Morgan fingerprint density at radius 1 is 1.17 bits per heavy atom. The lowest BCUT2D eigenvalue weighted by atomic mass is 9.95. The van der Waals surface area contributed by atoms with Crippen LogP contribution in [0.4, 0.5) is 0 Å². The van der Waals surface area contributed by atoms with Gasteiger partial charge in [-0.05, 0) is 37.6 Å². The molecule has 0 aliphatic rings. The Balaban J connectivity index is 3.46. The molecule has 12 heavy (non-hydrogen) atoms. The zero-order valence-corrected chi connectivity index (χ0v) is 8.59. The molecule has 0 aromatic carbocycles. The minimum atomic E-state index is -0.133. The summed E-state index contributed by atoms with van der Waals surface area (Å²) in [5.74, 6) is 1.15. The van der Waals surface area contributed by atoms with Crippen molar-refractivity contribution in [3.05, 3.63) is 0 Å². The third-order valence-electron chi connectivity index (χ3n) is 2.08. The molecular formula is C10H23NO. The van der Waals surface area contributed by atoms with Crippen molar-refractivity contribution in [2.75, 3.05) is 6.54 Å². The molecule has 2 nitrogen and oxygen atoms in total. The van der Waals surface area contributed by atoms with Gasteiger partial charge < -0.3 is 10.8 Å². The first kappa shape index (κ1) is 11.9. The second-order valence-corrected chi connectivity index (χ2v) is 4.20. The van der Waals surface area contributed by atoms with Gasteiger partial charge in [-0.3, -0.25) is 0 Å². The van der Waals surface area contributed by atoms with E-state index in [1.54, 1.807) is 0 Å². The summed E-state index contributed by atoms with van der Waals surface area (Å²) in [6.07, 6.45) is 2.70. The minimum Gasteiger partial charge on any atom is -0.393 e. The summed E-state index contributed by atoms with van der Waals surface area (Å²) < 4.78 is 0. The standard InChI is InChI=1S/C10H23NO/c1-8(2)6-10(12)7-9(3)4-5-11/h8-10,12H,4-7,11H2,1-3H3/t9-,10?/m1/s1. The van der Waals surface area contributed by atoms with Crippen molar-refractivity contribution in [2.45, 2.75) is 46.1 Å². The molecule has 0 radical (unpaired) electrons. The molecule has 0 aliphatic carbocycles. The fraction of sp³-hybridized carbons (Fsp3) is 1.00. The van der Waals surface area contributed by atoms with Gasteiger partial charge in [0.2, 0.25) is 0 Å². The van der Waals surface area contributed by atoms with Crippen molar-refractivity contribution in [3.8, 4) is 0 Å². The Labute approximate surface area is 76.2 Å². The van der Waals surface area contributed by atoms with Crippen molar-refractivity contribution in [3.63, 3.8) is 0 Å². The van der Waals surface area contributed by atoms with E-state index >= 15 is 0 Å². The summed E-state index contributed by atoms with van der Waals surface area (Å²) in [6.45, 7) is 7.15. The molecule has 0 heterocycles. The van der Waals surface area contributed by atoms with Crippen LogP contribution in [0.25, 0.3) is 0 Å². The topological polar surface area (TPSA) is 46.2 Å². The smallest absolute Gasteiger partial charge is 0.0545 e. The SMILES string of the molecule is CC(C)CC(O)C[C@H](C)CCN. The van der Waals surface area contributed by atoms with Gasteiger partial charge in [0.15, 0.2) is 0 Å². The van der Waals surface area contributed by atoms with E-state index in [4.69, 9.17) is 5.73 Å². The van der Waals surface area contributed by atoms with Crippen LogP contribution in [0, 0.1) is 11.8 Å². The molecule has 0 saturated carbocycles. The monoisotopic (exact) mass is 173 g/mol. The quantitative estimate of drug-likeness (QED) is 0.643. The summed E-state index contributed by atoms with van der Waals surface area (Å²) in [5.41, 5.74) is 5.42. The number of aliphatic hydroxyl groups excluding tert-OH is 1. The lowest BCUT2D eigenvalue weighted by molar-refractivity contribution is 0.121. The Bertz CT molecular complexity index is 104. The Kier molecular flexibility index (Phi) is 6.39. The van der Waals surface area contributed by atoms with Crippen molar-refractivity contribution >= 4 is 0 Å². The van der Waals surface area contributed by atoms with Gasteiger partial charge in [0, 0.05) is 0 Å². The number of rotatable bonds is 6. The van der Waals surface area contributed by atoms with E-state index < -0.39 is 0 Å². The lowest BCUT2D eigenvalue weighted by Crippen LogP contribution is -2.16. The Hall–Kier alpha value is -0.0800. The maximum atomic E-state index is 9.58. The second-order valence-electron chi connectivity index (χ2n) is 4.20. The highest BCUT2D eigenvalue weighted by molar-refractivity contribution is 4.63. The third kappa shape index (κ3) is 6.62. The molecule has 0 bridgehead atoms. The summed E-state index contributed by atoms with van der Waals surface area (Å²) in [6, 6.07) is 0. The largest absolute Gasteiger partial charge is 0.393 e. The van der Waals surface area contributed by atoms with Crippen LogP contribution in [0.2, 0.25) is 0 Å². The van der Waals surface area contributed by atoms with E-state index in [1.165, 1.54) is 0 Å². The maximum Gasteiger partial charge on any atom is 0.0545 e. The Morgan fingerprint density at radius 3 is 2.17 bits per heavy atom. The molecule has 0 saturated heterocycles. The van der Waals surface area contributed by atoms with Crippen LogP contribution in [0.1, 0.15) is 40.0 Å². The van der Waals surface area contributed by atoms with Gasteiger partial charge in [0.05, 0.1) is 6.10 Å². The van der Waals surface area contributed by atoms with Crippen molar-refractivity contribution in [2.24, 2.45) is 17.6 Å². The molecule has 1 unspecified atom stereocenters. The van der Waals surface area contributed by atoms with E-state index in [0.717, 1.165) is 25.8 Å². The fourth-order valence-corrected chi connectivity index (χ4v) is 1.51. The highest BCUT2D eigenvalue weighted by atomic mass is 16.3. The van der Waals surface area contributed by atoms with Gasteiger partial charge in [-0.25, -0.2) is 0 Å². The van der Waals surface area contributed by atoms with Crippen molar-refractivity contribution < 1.29 is 5.11 Å². The van der Waals surface area contributed by atoms with E-state index in [2.05, 4.69) is 20.8 Å². The molecule has 0 amide bonds. The molecule has 2 heteroatoms. The summed E-state index contributed by atoms with van der Waals surface area (Å²) in [5, 5.41) is 9.58. The van der Waals surface area contributed by atoms with Crippen molar-refractivity contribution in [1.82, 2.24) is 0 Å². The highest BCUT2D eigenvalue weighted by Gasteiger charge is 2.10. The third-order valence-corrected chi connectivity index (χ3v) is 2.08. The first-order chi connectivity index (χ1) is 5.56. The van der Waals surface area contributed by atoms with Crippen LogP contribution >= 0.6 is 0 Å². The molecule has 0 spiro atoms. The van der Waals surface area contributed by atoms with Crippen LogP contribution in [0.3, 0.4) is 0 Å². The number of hydrogen-bond acceptors (Lipinski definition) is 2. The van der Waals surface area contributed by atoms with Gasteiger partial charge in [-0.2, -0.15) is 0 Å². The average molecular weight is 173 g/mol. The van der Waals surface area contributed by atoms with Gasteiger partial charge in [0.25, 0.3) is 0 Å². The normalized spacial score (nSPS) is 16.5. The maximum absolute atomic E-state index is 9.58. The van der Waals surface area contributed by atoms with Gasteiger partial charge >= 0.3 is 0 Å². The molecule has 2 atom stereocenters. The van der Waals surface area contributed by atoms with Crippen LogP contribution in [-0.2, 0) is 0 Å². The van der Waals surface area contributed by atoms with Crippen LogP contribution < -0.4 is 5.73 Å². The van der Waals surface area contributed by atoms with Crippen LogP contribution in [0.15, 0.2) is 0 Å². The van der Waals surface area contributed by atoms with E-state index in [9.17, 15) is 5.11 Å². The Morgan fingerprint density at radius 2 is 1.75 bits per heavy atom.